The number of rotatable bonds is 2. The fourth-order valence-electron chi connectivity index (χ4n) is 2.56. The van der Waals surface area contributed by atoms with Gasteiger partial charge in [-0.15, -0.1) is 5.10 Å². The molecule has 1 aliphatic heterocycles. The van der Waals surface area contributed by atoms with Crippen molar-refractivity contribution in [1.82, 2.24) is 20.2 Å². The first kappa shape index (κ1) is 12.5. The third-order valence-corrected chi connectivity index (χ3v) is 3.62. The summed E-state index contributed by atoms with van der Waals surface area (Å²) in [4.78, 5) is 10.3. The highest BCUT2D eigenvalue weighted by molar-refractivity contribution is 5.76. The van der Waals surface area contributed by atoms with Crippen LogP contribution in [0.15, 0.2) is 48.5 Å². The van der Waals surface area contributed by atoms with E-state index in [9.17, 15) is 10.1 Å². The molecule has 0 bridgehead atoms. The number of hydrogen-bond donors (Lipinski definition) is 1. The number of aromatic nitrogens is 4. The minimum Gasteiger partial charge on any atom is -0.359 e. The lowest BCUT2D eigenvalue weighted by Crippen LogP contribution is -2.25. The summed E-state index contributed by atoms with van der Waals surface area (Å²) >= 11 is 0. The van der Waals surface area contributed by atoms with Gasteiger partial charge in [0.2, 0.25) is 0 Å². The van der Waals surface area contributed by atoms with Crippen LogP contribution >= 0.6 is 0 Å². The molecule has 0 unspecified atom stereocenters. The van der Waals surface area contributed by atoms with Gasteiger partial charge in [0.25, 0.3) is 5.69 Å². The average Bonchev–Trinajstić information content (AvgIpc) is 3.04. The van der Waals surface area contributed by atoms with Crippen LogP contribution in [-0.2, 0) is 0 Å². The minimum absolute atomic E-state index is 0.0527. The number of nitrogens with zero attached hydrogens (tertiary/aromatic N) is 5. The van der Waals surface area contributed by atoms with E-state index in [4.69, 9.17) is 0 Å². The Labute approximate surface area is 124 Å². The fourth-order valence-corrected chi connectivity index (χ4v) is 2.56. The first-order valence-electron chi connectivity index (χ1n) is 6.62. The molecule has 8 nitrogen and oxygen atoms in total. The van der Waals surface area contributed by atoms with Gasteiger partial charge in [-0.2, -0.15) is 4.68 Å². The molecule has 1 N–H and O–H groups in total. The predicted molar refractivity (Wildman–Crippen MR) is 78.1 cm³/mol. The monoisotopic (exact) mass is 294 g/mol. The molecule has 3 aromatic rings. The number of hydrogen-bond acceptors (Lipinski definition) is 6. The molecule has 1 aliphatic rings. The lowest BCUT2D eigenvalue weighted by molar-refractivity contribution is -0.384. The summed E-state index contributed by atoms with van der Waals surface area (Å²) in [7, 11) is 0. The van der Waals surface area contributed by atoms with Crippen molar-refractivity contribution in [3.8, 4) is 11.4 Å². The van der Waals surface area contributed by atoms with Crippen LogP contribution in [0.5, 0.6) is 0 Å². The van der Waals surface area contributed by atoms with E-state index < -0.39 is 4.92 Å². The molecule has 22 heavy (non-hydrogen) atoms. The molecular weight excluding hydrogens is 284 g/mol. The van der Waals surface area contributed by atoms with Crippen LogP contribution in [0.25, 0.3) is 11.4 Å². The largest absolute Gasteiger partial charge is 0.359 e. The molecular formula is C14H10N6O2. The van der Waals surface area contributed by atoms with E-state index in [1.54, 1.807) is 16.8 Å². The summed E-state index contributed by atoms with van der Waals surface area (Å²) in [5.41, 5.74) is 2.74. The minimum atomic E-state index is -0.421. The van der Waals surface area contributed by atoms with Crippen molar-refractivity contribution in [1.29, 1.82) is 0 Å². The number of anilines is 1. The van der Waals surface area contributed by atoms with Gasteiger partial charge in [-0.3, -0.25) is 10.1 Å². The van der Waals surface area contributed by atoms with Gasteiger partial charge in [-0.1, -0.05) is 12.1 Å². The van der Waals surface area contributed by atoms with E-state index in [2.05, 4.69) is 20.8 Å². The summed E-state index contributed by atoms with van der Waals surface area (Å²) in [5, 5.41) is 26.0. The number of nitrogens with one attached hydrogen (secondary N) is 1. The Balaban J connectivity index is 1.80. The van der Waals surface area contributed by atoms with Gasteiger partial charge in [0, 0.05) is 23.4 Å². The molecule has 2 heterocycles. The average molecular weight is 294 g/mol. The van der Waals surface area contributed by atoms with Crippen LogP contribution in [0.4, 0.5) is 11.4 Å². The van der Waals surface area contributed by atoms with Crippen LogP contribution in [0.1, 0.15) is 11.7 Å². The lowest BCUT2D eigenvalue weighted by Gasteiger charge is -2.27. The molecule has 0 aliphatic carbocycles. The van der Waals surface area contributed by atoms with Crippen LogP contribution in [0, 0.1) is 10.1 Å². The van der Waals surface area contributed by atoms with Crippen LogP contribution in [-0.4, -0.2) is 25.1 Å². The molecule has 1 aromatic heterocycles. The number of non-ortho nitro benzene ring substituents is 1. The fraction of sp³-hybridized carbons (Fsp3) is 0.0714. The number of tetrazole rings is 1. The molecule has 108 valence electrons. The molecule has 0 spiro atoms. The zero-order valence-electron chi connectivity index (χ0n) is 11.2. The van der Waals surface area contributed by atoms with Gasteiger partial charge in [-0.05, 0) is 40.3 Å². The Hall–Kier alpha value is -3.29. The maximum Gasteiger partial charge on any atom is 0.269 e. The highest BCUT2D eigenvalue weighted by Gasteiger charge is 2.27. The van der Waals surface area contributed by atoms with Crippen molar-refractivity contribution >= 4 is 11.4 Å². The van der Waals surface area contributed by atoms with E-state index in [1.165, 1.54) is 12.1 Å². The Bertz CT molecular complexity index is 858. The van der Waals surface area contributed by atoms with E-state index >= 15 is 0 Å². The summed E-state index contributed by atoms with van der Waals surface area (Å²) < 4.78 is 1.67. The Kier molecular flexibility index (Phi) is 2.62. The molecule has 0 saturated carbocycles. The normalized spacial score (nSPS) is 15.5. The van der Waals surface area contributed by atoms with Gasteiger partial charge in [0.05, 0.1) is 4.92 Å². The van der Waals surface area contributed by atoms with E-state index in [0.717, 1.165) is 16.8 Å². The van der Waals surface area contributed by atoms with Gasteiger partial charge in [-0.25, -0.2) is 0 Å². The quantitative estimate of drug-likeness (QED) is 0.574. The van der Waals surface area contributed by atoms with Crippen LogP contribution in [0.3, 0.4) is 0 Å². The molecule has 0 amide bonds. The third kappa shape index (κ3) is 1.81. The van der Waals surface area contributed by atoms with Crippen molar-refractivity contribution in [2.45, 2.75) is 6.17 Å². The molecule has 4 rings (SSSR count). The summed E-state index contributed by atoms with van der Waals surface area (Å²) in [6.45, 7) is 0. The molecule has 0 radical (unpaired) electrons. The zero-order valence-corrected chi connectivity index (χ0v) is 11.2. The van der Waals surface area contributed by atoms with Gasteiger partial charge >= 0.3 is 0 Å². The number of nitro benzene ring substituents is 1. The number of fused-ring (bicyclic) bond motifs is 3. The Morgan fingerprint density at radius 2 is 1.91 bits per heavy atom. The van der Waals surface area contributed by atoms with E-state index in [0.29, 0.717) is 5.82 Å². The number of nitro groups is 1. The third-order valence-electron chi connectivity index (χ3n) is 3.62. The molecule has 0 saturated heterocycles. The predicted octanol–water partition coefficient (Wildman–Crippen LogP) is 2.22. The van der Waals surface area contributed by atoms with E-state index in [1.807, 2.05) is 24.3 Å². The molecule has 0 fully saturated rings. The Morgan fingerprint density at radius 1 is 1.14 bits per heavy atom. The van der Waals surface area contributed by atoms with Crippen molar-refractivity contribution in [2.75, 3.05) is 5.32 Å². The topological polar surface area (TPSA) is 98.8 Å². The Morgan fingerprint density at radius 3 is 2.68 bits per heavy atom. The summed E-state index contributed by atoms with van der Waals surface area (Å²) in [5.74, 6) is 0.665. The van der Waals surface area contributed by atoms with Crippen molar-refractivity contribution in [3.05, 3.63) is 64.2 Å². The molecule has 1 atom stereocenters. The number of benzene rings is 2. The maximum absolute atomic E-state index is 10.8. The molecule has 8 heteroatoms. The van der Waals surface area contributed by atoms with Crippen molar-refractivity contribution in [2.24, 2.45) is 0 Å². The van der Waals surface area contributed by atoms with Gasteiger partial charge in [0.1, 0.15) is 0 Å². The van der Waals surface area contributed by atoms with Crippen molar-refractivity contribution < 1.29 is 4.92 Å². The lowest BCUT2D eigenvalue weighted by atomic mass is 10.1. The standard InChI is InChI=1S/C14H10N6O2/c21-20(22)10-7-5-9(6-8-10)13-15-12-4-2-1-3-11(12)14-16-17-18-19(13)14/h1-8,13,15H/t13-/m1/s1. The second-order valence-corrected chi connectivity index (χ2v) is 4.89. The second kappa shape index (κ2) is 4.62. The first-order chi connectivity index (χ1) is 10.7. The summed E-state index contributed by atoms with van der Waals surface area (Å²) in [6.07, 6.45) is -0.305. The van der Waals surface area contributed by atoms with Crippen molar-refractivity contribution in [3.63, 3.8) is 0 Å². The van der Waals surface area contributed by atoms with Gasteiger partial charge < -0.3 is 5.32 Å². The second-order valence-electron chi connectivity index (χ2n) is 4.89. The highest BCUT2D eigenvalue weighted by atomic mass is 16.6. The smallest absolute Gasteiger partial charge is 0.269 e. The maximum atomic E-state index is 10.8. The van der Waals surface area contributed by atoms with Crippen LogP contribution < -0.4 is 5.32 Å². The van der Waals surface area contributed by atoms with Crippen LogP contribution in [0.2, 0.25) is 0 Å². The van der Waals surface area contributed by atoms with E-state index in [-0.39, 0.29) is 11.9 Å². The summed E-state index contributed by atoms with van der Waals surface area (Å²) in [6, 6.07) is 14.1. The molecule has 2 aromatic carbocycles. The first-order valence-corrected chi connectivity index (χ1v) is 6.62. The number of para-hydroxylation sites is 1. The van der Waals surface area contributed by atoms with Gasteiger partial charge in [0.15, 0.2) is 12.0 Å². The SMILES string of the molecule is O=[N+]([O-])c1ccc([C@@H]2Nc3ccccc3-c3nnnn32)cc1. The zero-order chi connectivity index (χ0) is 15.1. The highest BCUT2D eigenvalue weighted by Crippen LogP contribution is 2.36.